The maximum Gasteiger partial charge on any atom is 0.286 e. The van der Waals surface area contributed by atoms with E-state index in [2.05, 4.69) is 48.0 Å². The molecule has 0 unspecified atom stereocenters. The van der Waals surface area contributed by atoms with E-state index in [0.29, 0.717) is 10.8 Å². The van der Waals surface area contributed by atoms with Crippen molar-refractivity contribution >= 4 is 40.7 Å². The van der Waals surface area contributed by atoms with Crippen LogP contribution < -0.4 is 0 Å². The van der Waals surface area contributed by atoms with Crippen LogP contribution in [0.2, 0.25) is 0 Å². The van der Waals surface area contributed by atoms with Gasteiger partial charge in [0.1, 0.15) is 0 Å². The quantitative estimate of drug-likeness (QED) is 0.190. The number of piperidine rings is 1. The molecule has 2 aliphatic heterocycles. The third-order valence-corrected chi connectivity index (χ3v) is 8.62. The molecule has 3 aromatic rings. The maximum absolute atomic E-state index is 12.9. The van der Waals surface area contributed by atoms with Crippen LogP contribution in [0.15, 0.2) is 75.6 Å². The molecular weight excluding hydrogens is 484 g/mol. The molecule has 5 rings (SSSR count). The summed E-state index contributed by atoms with van der Waals surface area (Å²) >= 11 is 3.38. The topological polar surface area (TPSA) is 50.5 Å². The van der Waals surface area contributed by atoms with Gasteiger partial charge in [0.15, 0.2) is 5.17 Å². The van der Waals surface area contributed by atoms with Crippen LogP contribution >= 0.6 is 23.5 Å². The Bertz CT molecular complexity index is 1260. The van der Waals surface area contributed by atoms with Crippen molar-refractivity contribution in [3.63, 3.8) is 0 Å². The smallest absolute Gasteiger partial charge is 0.286 e. The average molecular weight is 517 g/mol. The van der Waals surface area contributed by atoms with Gasteiger partial charge in [-0.25, -0.2) is 4.68 Å². The molecule has 0 radical (unpaired) electrons. The first kappa shape index (κ1) is 24.9. The van der Waals surface area contributed by atoms with E-state index in [9.17, 15) is 4.79 Å². The van der Waals surface area contributed by atoms with Gasteiger partial charge in [-0.15, -0.1) is 11.8 Å². The highest BCUT2D eigenvalue weighted by Crippen LogP contribution is 2.35. The summed E-state index contributed by atoms with van der Waals surface area (Å²) in [7, 11) is 0. The number of likely N-dealkylation sites (tertiary alicyclic amines) is 1. The highest BCUT2D eigenvalue weighted by molar-refractivity contribution is 8.18. The third-order valence-electron chi connectivity index (χ3n) is 6.48. The Hall–Kier alpha value is -2.77. The van der Waals surface area contributed by atoms with Gasteiger partial charge in [-0.1, -0.05) is 50.6 Å². The van der Waals surface area contributed by atoms with Gasteiger partial charge in [-0.2, -0.15) is 10.1 Å². The number of carbonyl (C=O) groups excluding carboxylic acids is 1. The molecule has 0 spiro atoms. The van der Waals surface area contributed by atoms with Crippen molar-refractivity contribution in [1.82, 2.24) is 14.7 Å². The van der Waals surface area contributed by atoms with Crippen molar-refractivity contribution in [2.45, 2.75) is 44.4 Å². The van der Waals surface area contributed by atoms with Gasteiger partial charge in [0.25, 0.3) is 5.91 Å². The molecule has 36 heavy (non-hydrogen) atoms. The van der Waals surface area contributed by atoms with E-state index in [0.717, 1.165) is 52.9 Å². The zero-order valence-corrected chi connectivity index (χ0v) is 22.5. The molecule has 2 aromatic carbocycles. The van der Waals surface area contributed by atoms with Crippen molar-refractivity contribution in [1.29, 1.82) is 0 Å². The highest BCUT2D eigenvalue weighted by Gasteiger charge is 2.29. The van der Waals surface area contributed by atoms with Gasteiger partial charge in [0.2, 0.25) is 0 Å². The van der Waals surface area contributed by atoms with Gasteiger partial charge in [-0.05, 0) is 73.0 Å². The average Bonchev–Trinajstić information content (AvgIpc) is 3.49. The Morgan fingerprint density at radius 3 is 2.69 bits per heavy atom. The SMILES string of the molecule is CCCCSc1ccc(-c2nn(-c3ccccc3)cc2/C=C2\SC(N3CCC[C@@H](C)C3)=NC2=O)cc1. The number of amides is 1. The molecule has 2 aliphatic rings. The van der Waals surface area contributed by atoms with E-state index in [1.165, 1.54) is 35.9 Å². The minimum atomic E-state index is -0.158. The van der Waals surface area contributed by atoms with Crippen LogP contribution in [0.5, 0.6) is 0 Å². The van der Waals surface area contributed by atoms with Crippen molar-refractivity contribution in [3.8, 4) is 16.9 Å². The number of thioether (sulfide) groups is 2. The molecule has 1 atom stereocenters. The Balaban J connectivity index is 1.44. The number of unbranched alkanes of at least 4 members (excludes halogenated alkanes) is 1. The standard InChI is InChI=1S/C29H32N4OS2/c1-3-4-17-35-25-14-12-22(13-15-25)27-23(20-33(31-27)24-10-6-5-7-11-24)18-26-28(34)30-29(36-26)32-16-8-9-21(2)19-32/h5-7,10-15,18,20-21H,3-4,8-9,16-17,19H2,1-2H3/b26-18-/t21-/m1/s1. The lowest BCUT2D eigenvalue weighted by molar-refractivity contribution is -0.113. The number of para-hydroxylation sites is 1. The number of aromatic nitrogens is 2. The number of amidine groups is 1. The first-order valence-electron chi connectivity index (χ1n) is 12.8. The minimum Gasteiger partial charge on any atom is -0.351 e. The number of benzene rings is 2. The molecule has 186 valence electrons. The second kappa shape index (κ2) is 11.5. The lowest BCUT2D eigenvalue weighted by atomic mass is 10.0. The molecule has 3 heterocycles. The molecule has 0 N–H and O–H groups in total. The van der Waals surface area contributed by atoms with Crippen LogP contribution in [0.1, 0.15) is 45.1 Å². The Kier molecular flexibility index (Phi) is 7.97. The number of hydrogen-bond donors (Lipinski definition) is 0. The second-order valence-electron chi connectivity index (χ2n) is 9.44. The predicted molar refractivity (Wildman–Crippen MR) is 153 cm³/mol. The van der Waals surface area contributed by atoms with E-state index in [1.807, 2.05) is 59.0 Å². The lowest BCUT2D eigenvalue weighted by Crippen LogP contribution is -2.37. The maximum atomic E-state index is 12.9. The minimum absolute atomic E-state index is 0.158. The normalized spacial score (nSPS) is 19.2. The van der Waals surface area contributed by atoms with Crippen LogP contribution in [-0.2, 0) is 4.79 Å². The number of hydrogen-bond acceptors (Lipinski definition) is 5. The molecule has 1 aromatic heterocycles. The fraction of sp³-hybridized carbons (Fsp3) is 0.345. The summed E-state index contributed by atoms with van der Waals surface area (Å²) in [5.74, 6) is 1.60. The molecule has 1 fully saturated rings. The predicted octanol–water partition coefficient (Wildman–Crippen LogP) is 7.13. The zero-order valence-electron chi connectivity index (χ0n) is 20.9. The molecule has 1 amide bonds. The highest BCUT2D eigenvalue weighted by atomic mass is 32.2. The summed E-state index contributed by atoms with van der Waals surface area (Å²) in [4.78, 5) is 21.5. The van der Waals surface area contributed by atoms with Gasteiger partial charge in [-0.3, -0.25) is 4.79 Å². The largest absolute Gasteiger partial charge is 0.351 e. The molecular formula is C29H32N4OS2. The van der Waals surface area contributed by atoms with Crippen LogP contribution in [0.4, 0.5) is 0 Å². The number of aliphatic imine (C=N–C) groups is 1. The summed E-state index contributed by atoms with van der Waals surface area (Å²) in [5, 5.41) is 5.77. The second-order valence-corrected chi connectivity index (χ2v) is 11.6. The van der Waals surface area contributed by atoms with Crippen molar-refractivity contribution < 1.29 is 4.79 Å². The molecule has 5 nitrogen and oxygen atoms in total. The molecule has 0 bridgehead atoms. The summed E-state index contributed by atoms with van der Waals surface area (Å²) in [6, 6.07) is 18.7. The number of nitrogens with zero attached hydrogens (tertiary/aromatic N) is 4. The summed E-state index contributed by atoms with van der Waals surface area (Å²) in [6.45, 7) is 6.42. The van der Waals surface area contributed by atoms with Crippen molar-refractivity contribution in [2.24, 2.45) is 10.9 Å². The van der Waals surface area contributed by atoms with Crippen molar-refractivity contribution in [3.05, 3.63) is 71.3 Å². The van der Waals surface area contributed by atoms with Gasteiger partial charge in [0, 0.05) is 35.3 Å². The summed E-state index contributed by atoms with van der Waals surface area (Å²) < 4.78 is 1.89. The van der Waals surface area contributed by atoms with Crippen LogP contribution in [-0.4, -0.2) is 44.6 Å². The summed E-state index contributed by atoms with van der Waals surface area (Å²) in [6.07, 6.45) is 8.79. The number of carbonyl (C=O) groups is 1. The third kappa shape index (κ3) is 5.79. The van der Waals surface area contributed by atoms with E-state index in [4.69, 9.17) is 5.10 Å². The Morgan fingerprint density at radius 2 is 1.94 bits per heavy atom. The fourth-order valence-electron chi connectivity index (χ4n) is 4.51. The van der Waals surface area contributed by atoms with E-state index in [1.54, 1.807) is 0 Å². The first-order chi connectivity index (χ1) is 17.6. The molecule has 7 heteroatoms. The van der Waals surface area contributed by atoms with E-state index >= 15 is 0 Å². The Labute approximate surface area is 222 Å². The Morgan fingerprint density at radius 1 is 1.14 bits per heavy atom. The van der Waals surface area contributed by atoms with Crippen LogP contribution in [0.25, 0.3) is 23.0 Å². The zero-order chi connectivity index (χ0) is 24.9. The summed E-state index contributed by atoms with van der Waals surface area (Å²) in [5.41, 5.74) is 3.81. The lowest BCUT2D eigenvalue weighted by Gasteiger charge is -2.31. The van der Waals surface area contributed by atoms with E-state index in [-0.39, 0.29) is 5.91 Å². The van der Waals surface area contributed by atoms with E-state index < -0.39 is 0 Å². The van der Waals surface area contributed by atoms with Gasteiger partial charge >= 0.3 is 0 Å². The molecule has 0 saturated carbocycles. The van der Waals surface area contributed by atoms with Gasteiger partial charge < -0.3 is 4.90 Å². The molecule has 1 saturated heterocycles. The van der Waals surface area contributed by atoms with Crippen LogP contribution in [0.3, 0.4) is 0 Å². The van der Waals surface area contributed by atoms with Gasteiger partial charge in [0.05, 0.1) is 16.3 Å². The van der Waals surface area contributed by atoms with Crippen LogP contribution in [0, 0.1) is 5.92 Å². The first-order valence-corrected chi connectivity index (χ1v) is 14.6. The monoisotopic (exact) mass is 516 g/mol. The van der Waals surface area contributed by atoms with Crippen molar-refractivity contribution in [2.75, 3.05) is 18.8 Å². The molecule has 0 aliphatic carbocycles. The fourth-order valence-corrected chi connectivity index (χ4v) is 6.45. The number of rotatable bonds is 7.